The number of aromatic hydroxyl groups is 1. The van der Waals surface area contributed by atoms with Crippen molar-refractivity contribution in [3.8, 4) is 11.5 Å². The van der Waals surface area contributed by atoms with Gasteiger partial charge in [0.1, 0.15) is 6.17 Å². The molecule has 0 saturated heterocycles. The Balaban J connectivity index is 1.79. The first-order valence-electron chi connectivity index (χ1n) is 10.5. The van der Waals surface area contributed by atoms with Crippen molar-refractivity contribution in [3.05, 3.63) is 99.0 Å². The number of nitrogens with one attached hydrogen (secondary N) is 2. The molecule has 0 radical (unpaired) electrons. The van der Waals surface area contributed by atoms with Crippen LogP contribution in [0.4, 0.5) is 0 Å². The largest absolute Gasteiger partial charge is 0.504 e. The molecule has 0 spiro atoms. The number of phenolic OH excluding ortho intramolecular Hbond substituents is 1. The number of phenols is 1. The maximum atomic E-state index is 10.9. The molecule has 5 heteroatoms. The zero-order chi connectivity index (χ0) is 22.0. The molecular formula is C26H27BrN2O2. The summed E-state index contributed by atoms with van der Waals surface area (Å²) in [5, 5.41) is 18.2. The molecule has 1 aliphatic heterocycles. The number of rotatable bonds is 5. The topological polar surface area (TPSA) is 53.5 Å². The fourth-order valence-corrected chi connectivity index (χ4v) is 4.43. The summed E-state index contributed by atoms with van der Waals surface area (Å²) < 4.78 is 6.64. The maximum absolute atomic E-state index is 10.9. The zero-order valence-electron chi connectivity index (χ0n) is 17.9. The number of ether oxygens (including phenoxy) is 1. The van der Waals surface area contributed by atoms with Crippen molar-refractivity contribution >= 4 is 21.6 Å². The Morgan fingerprint density at radius 1 is 1.00 bits per heavy atom. The molecule has 31 heavy (non-hydrogen) atoms. The Bertz CT molecular complexity index is 1130. The van der Waals surface area contributed by atoms with Crippen LogP contribution in [0.2, 0.25) is 0 Å². The van der Waals surface area contributed by atoms with E-state index in [2.05, 4.69) is 76.8 Å². The zero-order valence-corrected chi connectivity index (χ0v) is 19.5. The fourth-order valence-electron chi connectivity index (χ4n) is 4.03. The van der Waals surface area contributed by atoms with Crippen LogP contribution in [0.15, 0.2) is 71.2 Å². The molecule has 3 aromatic rings. The van der Waals surface area contributed by atoms with Crippen molar-refractivity contribution < 1.29 is 9.84 Å². The third-order valence-corrected chi connectivity index (χ3v) is 6.01. The van der Waals surface area contributed by atoms with Gasteiger partial charge in [-0.1, -0.05) is 64.0 Å². The van der Waals surface area contributed by atoms with Gasteiger partial charge in [0.2, 0.25) is 0 Å². The smallest absolute Gasteiger partial charge is 0.162 e. The highest BCUT2D eigenvalue weighted by Crippen LogP contribution is 2.38. The second-order valence-corrected chi connectivity index (χ2v) is 8.72. The molecule has 0 aromatic heterocycles. The molecule has 3 aromatic carbocycles. The van der Waals surface area contributed by atoms with Gasteiger partial charge >= 0.3 is 0 Å². The van der Waals surface area contributed by atoms with Crippen molar-refractivity contribution in [1.29, 1.82) is 0 Å². The minimum absolute atomic E-state index is 0.111. The van der Waals surface area contributed by atoms with Gasteiger partial charge in [-0.05, 0) is 61.7 Å². The number of hydrogen-bond acceptors (Lipinski definition) is 4. The molecule has 0 bridgehead atoms. The predicted molar refractivity (Wildman–Crippen MR) is 129 cm³/mol. The minimum atomic E-state index is -0.193. The van der Waals surface area contributed by atoms with Crippen LogP contribution < -0.4 is 15.4 Å². The molecule has 2 unspecified atom stereocenters. The molecule has 0 saturated carbocycles. The van der Waals surface area contributed by atoms with Crippen LogP contribution in [0.3, 0.4) is 0 Å². The number of aryl methyl sites for hydroxylation is 2. The number of para-hydroxylation sites is 1. The second kappa shape index (κ2) is 9.16. The molecule has 4 rings (SSSR count). The monoisotopic (exact) mass is 478 g/mol. The fraction of sp³-hybridized carbons (Fsp3) is 0.231. The van der Waals surface area contributed by atoms with Gasteiger partial charge in [-0.15, -0.1) is 0 Å². The van der Waals surface area contributed by atoms with Crippen LogP contribution in [0.1, 0.15) is 46.9 Å². The van der Waals surface area contributed by atoms with Gasteiger partial charge in [-0.25, -0.2) is 0 Å². The Hall–Kier alpha value is -2.76. The molecule has 160 valence electrons. The molecule has 1 heterocycles. The highest BCUT2D eigenvalue weighted by atomic mass is 79.9. The van der Waals surface area contributed by atoms with E-state index in [1.54, 1.807) is 6.07 Å². The Morgan fingerprint density at radius 3 is 2.55 bits per heavy atom. The summed E-state index contributed by atoms with van der Waals surface area (Å²) in [5.41, 5.74) is 6.50. The Labute approximate surface area is 192 Å². The predicted octanol–water partition coefficient (Wildman–Crippen LogP) is 6.14. The van der Waals surface area contributed by atoms with Gasteiger partial charge in [0.25, 0.3) is 0 Å². The van der Waals surface area contributed by atoms with Crippen LogP contribution in [0.5, 0.6) is 11.5 Å². The lowest BCUT2D eigenvalue weighted by molar-refractivity contribution is 0.314. The first-order chi connectivity index (χ1) is 15.0. The van der Waals surface area contributed by atoms with Crippen LogP contribution in [-0.2, 0) is 0 Å². The van der Waals surface area contributed by atoms with Crippen molar-refractivity contribution in [2.75, 3.05) is 6.61 Å². The summed E-state index contributed by atoms with van der Waals surface area (Å²) in [6, 6.07) is 20.2. The molecule has 1 aliphatic rings. The van der Waals surface area contributed by atoms with Crippen molar-refractivity contribution in [2.24, 2.45) is 0 Å². The second-order valence-electron chi connectivity index (χ2n) is 7.80. The summed E-state index contributed by atoms with van der Waals surface area (Å²) >= 11 is 3.58. The average molecular weight is 479 g/mol. The third-order valence-electron chi connectivity index (χ3n) is 5.52. The Kier molecular flexibility index (Phi) is 6.35. The van der Waals surface area contributed by atoms with Gasteiger partial charge in [0.15, 0.2) is 11.5 Å². The maximum Gasteiger partial charge on any atom is 0.162 e. The molecule has 2 atom stereocenters. The van der Waals surface area contributed by atoms with E-state index in [0.29, 0.717) is 12.4 Å². The summed E-state index contributed by atoms with van der Waals surface area (Å²) in [5.74, 6) is 0.675. The molecular weight excluding hydrogens is 452 g/mol. The standard InChI is InChI=1S/C26H27BrN2O2/c1-4-31-24-10-6-9-21(25(24)30)23-15-22(18-7-5-8-19(27)14-18)28-26(29-23)20-12-11-16(2)13-17(20)3/h5-15,23,26,28-30H,4H2,1-3H3. The van der Waals surface area contributed by atoms with E-state index in [1.165, 1.54) is 16.7 Å². The first kappa shape index (κ1) is 21.5. The van der Waals surface area contributed by atoms with Gasteiger partial charge in [-0.2, -0.15) is 0 Å². The van der Waals surface area contributed by atoms with Gasteiger partial charge in [0, 0.05) is 15.7 Å². The molecule has 0 aliphatic carbocycles. The van der Waals surface area contributed by atoms with Gasteiger partial charge in [0.05, 0.1) is 12.6 Å². The quantitative estimate of drug-likeness (QED) is 0.411. The lowest BCUT2D eigenvalue weighted by atomic mass is 9.96. The average Bonchev–Trinajstić information content (AvgIpc) is 2.75. The molecule has 4 nitrogen and oxygen atoms in total. The highest BCUT2D eigenvalue weighted by molar-refractivity contribution is 9.10. The van der Waals surface area contributed by atoms with Crippen molar-refractivity contribution in [2.45, 2.75) is 33.0 Å². The van der Waals surface area contributed by atoms with E-state index in [9.17, 15) is 5.11 Å². The van der Waals surface area contributed by atoms with E-state index >= 15 is 0 Å². The summed E-state index contributed by atoms with van der Waals surface area (Å²) in [6.07, 6.45) is 2.01. The molecule has 0 amide bonds. The van der Waals surface area contributed by atoms with Crippen LogP contribution >= 0.6 is 15.9 Å². The van der Waals surface area contributed by atoms with E-state index < -0.39 is 0 Å². The SMILES string of the molecule is CCOc1cccc(C2C=C(c3cccc(Br)c3)NC(c3ccc(C)cc3C)N2)c1O. The highest BCUT2D eigenvalue weighted by Gasteiger charge is 2.27. The van der Waals surface area contributed by atoms with E-state index in [4.69, 9.17) is 4.74 Å². The normalized spacial score (nSPS) is 18.3. The number of hydrogen-bond donors (Lipinski definition) is 3. The first-order valence-corrected chi connectivity index (χ1v) is 11.3. The van der Waals surface area contributed by atoms with Crippen molar-refractivity contribution in [3.63, 3.8) is 0 Å². The Morgan fingerprint density at radius 2 is 1.81 bits per heavy atom. The van der Waals surface area contributed by atoms with Crippen LogP contribution in [-0.4, -0.2) is 11.7 Å². The summed E-state index contributed by atoms with van der Waals surface area (Å²) in [4.78, 5) is 0. The van der Waals surface area contributed by atoms with Crippen molar-refractivity contribution in [1.82, 2.24) is 10.6 Å². The van der Waals surface area contributed by atoms with E-state index in [0.717, 1.165) is 21.3 Å². The van der Waals surface area contributed by atoms with Crippen LogP contribution in [0, 0.1) is 13.8 Å². The summed E-state index contributed by atoms with van der Waals surface area (Å²) in [7, 11) is 0. The van der Waals surface area contributed by atoms with E-state index in [1.807, 2.05) is 31.2 Å². The lowest BCUT2D eigenvalue weighted by Crippen LogP contribution is -2.40. The van der Waals surface area contributed by atoms with E-state index in [-0.39, 0.29) is 18.0 Å². The minimum Gasteiger partial charge on any atom is -0.504 e. The van der Waals surface area contributed by atoms with Gasteiger partial charge in [-0.3, -0.25) is 5.32 Å². The number of benzene rings is 3. The third kappa shape index (κ3) is 4.63. The molecule has 3 N–H and O–H groups in total. The summed E-state index contributed by atoms with van der Waals surface area (Å²) in [6.45, 7) is 6.65. The molecule has 0 fully saturated rings. The number of halogens is 1. The van der Waals surface area contributed by atoms with Crippen LogP contribution in [0.25, 0.3) is 5.70 Å². The lowest BCUT2D eigenvalue weighted by Gasteiger charge is -2.34. The van der Waals surface area contributed by atoms with Gasteiger partial charge < -0.3 is 15.2 Å².